The highest BCUT2D eigenvalue weighted by molar-refractivity contribution is 5.94. The molecule has 0 atom stereocenters. The van der Waals surface area contributed by atoms with E-state index in [0.29, 0.717) is 16.8 Å². The summed E-state index contributed by atoms with van der Waals surface area (Å²) >= 11 is 0. The van der Waals surface area contributed by atoms with Crippen molar-refractivity contribution in [1.29, 1.82) is 0 Å². The molecule has 1 fully saturated rings. The van der Waals surface area contributed by atoms with E-state index in [1.54, 1.807) is 20.8 Å². The van der Waals surface area contributed by atoms with Gasteiger partial charge in [0.15, 0.2) is 0 Å². The van der Waals surface area contributed by atoms with Gasteiger partial charge in [0.05, 0.1) is 23.3 Å². The highest BCUT2D eigenvalue weighted by Gasteiger charge is 2.32. The van der Waals surface area contributed by atoms with Crippen molar-refractivity contribution in [2.75, 3.05) is 18.0 Å². The topological polar surface area (TPSA) is 94.0 Å². The number of pyridine rings is 1. The van der Waals surface area contributed by atoms with Crippen molar-refractivity contribution in [2.24, 2.45) is 5.41 Å². The highest BCUT2D eigenvalue weighted by Crippen LogP contribution is 2.41. The fourth-order valence-corrected chi connectivity index (χ4v) is 6.28. The van der Waals surface area contributed by atoms with E-state index in [1.165, 1.54) is 41.3 Å². The van der Waals surface area contributed by atoms with Crippen LogP contribution in [0.5, 0.6) is 0 Å². The van der Waals surface area contributed by atoms with Gasteiger partial charge in [0.25, 0.3) is 5.91 Å². The third kappa shape index (κ3) is 11.6. The van der Waals surface area contributed by atoms with Crippen LogP contribution in [0.25, 0.3) is 11.1 Å². The van der Waals surface area contributed by atoms with Gasteiger partial charge in [-0.2, -0.15) is 13.2 Å². The number of nitrogens with zero attached hydrogens (tertiary/aromatic N) is 3. The average molecular weight is 736 g/mol. The second-order valence-electron chi connectivity index (χ2n) is 15.4. The summed E-state index contributed by atoms with van der Waals surface area (Å²) < 4.78 is 54.0. The van der Waals surface area contributed by atoms with E-state index in [2.05, 4.69) is 18.7 Å². The number of aromatic nitrogens is 1. The molecule has 2 N–H and O–H groups in total. The number of carboxylic acids is 1. The predicted octanol–water partition coefficient (Wildman–Crippen LogP) is 9.40. The number of hydrogen-bond acceptors (Lipinski definition) is 5. The molecule has 1 saturated heterocycles. The van der Waals surface area contributed by atoms with Crippen LogP contribution in [0.1, 0.15) is 91.5 Å². The summed E-state index contributed by atoms with van der Waals surface area (Å²) in [6.07, 6.45) is -2.84. The number of rotatable bonds is 9. The van der Waals surface area contributed by atoms with Crippen LogP contribution in [0, 0.1) is 25.1 Å². The molecule has 0 spiro atoms. The first kappa shape index (κ1) is 41.0. The lowest BCUT2D eigenvalue weighted by Gasteiger charge is -2.40. The molecular formula is C42H49F4N3O4. The molecular weight excluding hydrogens is 686 g/mol. The number of aliphatic carboxylic acids is 1. The van der Waals surface area contributed by atoms with Crippen LogP contribution < -0.4 is 4.90 Å². The lowest BCUT2D eigenvalue weighted by molar-refractivity contribution is -0.138. The van der Waals surface area contributed by atoms with E-state index in [0.717, 1.165) is 66.1 Å². The van der Waals surface area contributed by atoms with Gasteiger partial charge >= 0.3 is 12.1 Å². The van der Waals surface area contributed by atoms with E-state index >= 15 is 0 Å². The van der Waals surface area contributed by atoms with Crippen LogP contribution >= 0.6 is 0 Å². The molecule has 4 aromatic rings. The maximum Gasteiger partial charge on any atom is 0.416 e. The Kier molecular flexibility index (Phi) is 12.8. The highest BCUT2D eigenvalue weighted by atomic mass is 19.4. The summed E-state index contributed by atoms with van der Waals surface area (Å²) in [5, 5.41) is 18.3. The first-order valence-electron chi connectivity index (χ1n) is 17.6. The number of benzene rings is 3. The van der Waals surface area contributed by atoms with E-state index < -0.39 is 35.0 Å². The molecule has 7 nitrogen and oxygen atoms in total. The fraction of sp³-hybridized carbons (Fsp3) is 0.405. The first-order chi connectivity index (χ1) is 24.6. The number of hydrogen-bond donors (Lipinski definition) is 2. The quantitative estimate of drug-likeness (QED) is 0.167. The van der Waals surface area contributed by atoms with Crippen molar-refractivity contribution in [2.45, 2.75) is 92.6 Å². The Morgan fingerprint density at radius 3 is 1.91 bits per heavy atom. The minimum Gasteiger partial charge on any atom is -0.481 e. The second kappa shape index (κ2) is 16.5. The number of carbonyl (C=O) groups excluding carboxylic acids is 1. The molecule has 0 saturated carbocycles. The zero-order chi connectivity index (χ0) is 39.3. The van der Waals surface area contributed by atoms with Crippen molar-refractivity contribution in [3.8, 4) is 11.1 Å². The molecule has 1 aliphatic rings. The van der Waals surface area contributed by atoms with Gasteiger partial charge in [-0.25, -0.2) is 4.39 Å². The maximum atomic E-state index is 13.7. The van der Waals surface area contributed by atoms with Crippen LogP contribution in [-0.4, -0.2) is 50.7 Å². The number of piperidine rings is 1. The summed E-state index contributed by atoms with van der Waals surface area (Å²) in [4.78, 5) is 34.1. The average Bonchev–Trinajstić information content (AvgIpc) is 3.05. The normalized spacial score (nSPS) is 14.3. The molecule has 1 amide bonds. The van der Waals surface area contributed by atoms with Crippen molar-refractivity contribution < 1.29 is 37.4 Å². The first-order valence-corrected chi connectivity index (χ1v) is 17.6. The van der Waals surface area contributed by atoms with Gasteiger partial charge in [0, 0.05) is 54.3 Å². The molecule has 3 aromatic carbocycles. The van der Waals surface area contributed by atoms with Crippen LogP contribution in [0.15, 0.2) is 72.8 Å². The predicted molar refractivity (Wildman–Crippen MR) is 199 cm³/mol. The SMILES string of the molecule is CC(C)(C)O.Cc1nc(C)c(-c2ccc(CN(Cc3ccc(F)cc3)C(=O)c3cccc(C(F)(F)F)c3)cc2)c(N2CCC(C)(C)CC2)c1CC(=O)O. The number of carboxylic acid groups (broad SMARTS) is 1. The smallest absolute Gasteiger partial charge is 0.416 e. The molecule has 284 valence electrons. The molecule has 0 aliphatic carbocycles. The minimum absolute atomic E-state index is 0.0477. The summed E-state index contributed by atoms with van der Waals surface area (Å²) in [6, 6.07) is 17.5. The summed E-state index contributed by atoms with van der Waals surface area (Å²) in [5.74, 6) is -1.97. The Morgan fingerprint density at radius 1 is 0.868 bits per heavy atom. The van der Waals surface area contributed by atoms with Gasteiger partial charge in [-0.3, -0.25) is 14.6 Å². The fourth-order valence-electron chi connectivity index (χ4n) is 6.28. The number of amides is 1. The Bertz CT molecular complexity index is 1880. The van der Waals surface area contributed by atoms with Crippen LogP contribution in [0.3, 0.4) is 0 Å². The Morgan fingerprint density at radius 2 is 1.40 bits per heavy atom. The maximum absolute atomic E-state index is 13.7. The Hall–Kier alpha value is -4.77. The molecule has 2 heterocycles. The number of carbonyl (C=O) groups is 2. The van der Waals surface area contributed by atoms with Crippen LogP contribution in [0.4, 0.5) is 23.2 Å². The summed E-state index contributed by atoms with van der Waals surface area (Å²) in [7, 11) is 0. The van der Waals surface area contributed by atoms with Gasteiger partial charge in [0.1, 0.15) is 5.82 Å². The second-order valence-corrected chi connectivity index (χ2v) is 15.4. The van der Waals surface area contributed by atoms with Crippen molar-refractivity contribution in [3.05, 3.63) is 118 Å². The molecule has 1 aromatic heterocycles. The van der Waals surface area contributed by atoms with E-state index in [9.17, 15) is 32.3 Å². The van der Waals surface area contributed by atoms with E-state index in [1.807, 2.05) is 38.1 Å². The molecule has 0 unspecified atom stereocenters. The van der Waals surface area contributed by atoms with Crippen molar-refractivity contribution in [3.63, 3.8) is 0 Å². The molecule has 11 heteroatoms. The van der Waals surface area contributed by atoms with Gasteiger partial charge in [-0.1, -0.05) is 56.3 Å². The Balaban J connectivity index is 0.00000117. The zero-order valence-electron chi connectivity index (χ0n) is 31.4. The lowest BCUT2D eigenvalue weighted by atomic mass is 9.82. The number of anilines is 1. The van der Waals surface area contributed by atoms with Gasteiger partial charge in [0.2, 0.25) is 0 Å². The van der Waals surface area contributed by atoms with E-state index in [-0.39, 0.29) is 30.5 Å². The molecule has 53 heavy (non-hydrogen) atoms. The van der Waals surface area contributed by atoms with Crippen molar-refractivity contribution in [1.82, 2.24) is 9.88 Å². The lowest BCUT2D eigenvalue weighted by Crippen LogP contribution is -2.38. The Labute approximate surface area is 309 Å². The van der Waals surface area contributed by atoms with Crippen LogP contribution in [0.2, 0.25) is 0 Å². The molecule has 0 radical (unpaired) electrons. The summed E-state index contributed by atoms with van der Waals surface area (Å²) in [5.41, 5.74) is 4.71. The van der Waals surface area contributed by atoms with Gasteiger partial charge in [-0.15, -0.1) is 0 Å². The van der Waals surface area contributed by atoms with Gasteiger partial charge in [-0.05, 0) is 99.9 Å². The third-order valence-electron chi connectivity index (χ3n) is 9.04. The molecule has 5 rings (SSSR count). The standard InChI is InChI=1S/C38H39F4N3O3.C4H10O/c1-24-32(21-33(46)47)35(44-18-16-37(3,4)17-19-44)34(25(2)43-24)28-12-8-26(9-13-28)22-45(23-27-10-14-31(39)15-11-27)36(48)29-6-5-7-30(20-29)38(40,41)42;1-4(2,3)5/h5-15,20H,16-19,21-23H2,1-4H3,(H,46,47);5H,1-3H3. The number of halogens is 4. The largest absolute Gasteiger partial charge is 0.481 e. The molecule has 0 bridgehead atoms. The number of aliphatic hydroxyl groups is 1. The molecule has 1 aliphatic heterocycles. The minimum atomic E-state index is -4.61. The number of aryl methyl sites for hydroxylation is 2. The van der Waals surface area contributed by atoms with Crippen LogP contribution in [-0.2, 0) is 30.5 Å². The van der Waals surface area contributed by atoms with Gasteiger partial charge < -0.3 is 20.0 Å². The monoisotopic (exact) mass is 735 g/mol. The van der Waals surface area contributed by atoms with Crippen molar-refractivity contribution >= 4 is 17.6 Å². The third-order valence-corrected chi connectivity index (χ3v) is 9.04. The zero-order valence-corrected chi connectivity index (χ0v) is 31.4. The summed E-state index contributed by atoms with van der Waals surface area (Å²) in [6.45, 7) is 15.1. The van der Waals surface area contributed by atoms with E-state index in [4.69, 9.17) is 10.1 Å². The number of alkyl halides is 3.